The van der Waals surface area contributed by atoms with Crippen molar-refractivity contribution in [2.75, 3.05) is 5.75 Å². The second-order valence-corrected chi connectivity index (χ2v) is 7.56. The summed E-state index contributed by atoms with van der Waals surface area (Å²) in [6.45, 7) is 0.452. The first-order valence-corrected chi connectivity index (χ1v) is 9.81. The number of benzene rings is 3. The van der Waals surface area contributed by atoms with Crippen LogP contribution in [0.2, 0.25) is 0 Å². The van der Waals surface area contributed by atoms with Gasteiger partial charge in [-0.15, -0.1) is 11.8 Å². The van der Waals surface area contributed by atoms with Crippen molar-refractivity contribution in [1.82, 2.24) is 0 Å². The summed E-state index contributed by atoms with van der Waals surface area (Å²) in [7, 11) is 0. The number of phenols is 1. The number of Topliss-reactive ketones (excluding diaryl/α,β-unsaturated/α-hetero) is 1. The number of halogens is 1. The average molecular weight is 429 g/mol. The SMILES string of the molecule is O=C(CSc1cc(OCc2ccccc2)ccc1O)c1ccc(Br)cc1. The molecule has 0 unspecified atom stereocenters. The average Bonchev–Trinajstić information content (AvgIpc) is 2.67. The summed E-state index contributed by atoms with van der Waals surface area (Å²) in [5.74, 6) is 1.06. The molecule has 0 saturated heterocycles. The highest BCUT2D eigenvalue weighted by atomic mass is 79.9. The van der Waals surface area contributed by atoms with Gasteiger partial charge in [-0.1, -0.05) is 58.4 Å². The number of carbonyl (C=O) groups is 1. The fourth-order valence-electron chi connectivity index (χ4n) is 2.30. The van der Waals surface area contributed by atoms with Crippen LogP contribution in [0.1, 0.15) is 15.9 Å². The lowest BCUT2D eigenvalue weighted by Crippen LogP contribution is -2.02. The molecule has 3 aromatic rings. The molecule has 0 aromatic heterocycles. The summed E-state index contributed by atoms with van der Waals surface area (Å²) >= 11 is 4.65. The van der Waals surface area contributed by atoms with E-state index in [4.69, 9.17) is 4.74 Å². The van der Waals surface area contributed by atoms with Gasteiger partial charge in [0.2, 0.25) is 0 Å². The second kappa shape index (κ2) is 8.92. The maximum Gasteiger partial charge on any atom is 0.173 e. The standard InChI is InChI=1S/C21H17BrO3S/c22-17-8-6-16(7-9-17)20(24)14-26-21-12-18(10-11-19(21)23)25-13-15-4-2-1-3-5-15/h1-12,23H,13-14H2. The maximum atomic E-state index is 12.3. The third kappa shape index (κ3) is 5.13. The highest BCUT2D eigenvalue weighted by Crippen LogP contribution is 2.32. The Balaban J connectivity index is 1.62. The van der Waals surface area contributed by atoms with Gasteiger partial charge in [0, 0.05) is 10.0 Å². The van der Waals surface area contributed by atoms with Crippen LogP contribution >= 0.6 is 27.7 Å². The number of hydrogen-bond acceptors (Lipinski definition) is 4. The summed E-state index contributed by atoms with van der Waals surface area (Å²) in [5, 5.41) is 10.0. The van der Waals surface area contributed by atoms with Crippen molar-refractivity contribution >= 4 is 33.5 Å². The van der Waals surface area contributed by atoms with Gasteiger partial charge in [0.25, 0.3) is 0 Å². The molecule has 5 heteroatoms. The molecule has 0 atom stereocenters. The van der Waals surface area contributed by atoms with Crippen LogP contribution in [0, 0.1) is 0 Å². The third-order valence-corrected chi connectivity index (χ3v) is 5.28. The predicted octanol–water partition coefficient (Wildman–Crippen LogP) is 5.71. The van der Waals surface area contributed by atoms with E-state index in [0.717, 1.165) is 10.0 Å². The molecule has 1 N–H and O–H groups in total. The Labute approximate surface area is 165 Å². The van der Waals surface area contributed by atoms with E-state index >= 15 is 0 Å². The lowest BCUT2D eigenvalue weighted by Gasteiger charge is -2.09. The van der Waals surface area contributed by atoms with E-state index in [2.05, 4.69) is 15.9 Å². The topological polar surface area (TPSA) is 46.5 Å². The molecule has 0 aliphatic rings. The van der Waals surface area contributed by atoms with Crippen molar-refractivity contribution in [3.05, 3.63) is 88.4 Å². The van der Waals surface area contributed by atoms with Gasteiger partial charge in [0.1, 0.15) is 18.1 Å². The zero-order chi connectivity index (χ0) is 18.4. The molecule has 0 aliphatic heterocycles. The molecule has 0 saturated carbocycles. The molecule has 0 heterocycles. The molecule has 0 amide bonds. The molecule has 0 spiro atoms. The Morgan fingerprint density at radius 1 is 1.00 bits per heavy atom. The molecule has 0 aliphatic carbocycles. The van der Waals surface area contributed by atoms with Gasteiger partial charge in [-0.05, 0) is 35.9 Å². The van der Waals surface area contributed by atoms with Crippen LogP contribution < -0.4 is 4.74 Å². The number of aromatic hydroxyl groups is 1. The summed E-state index contributed by atoms with van der Waals surface area (Å²) in [6.07, 6.45) is 0. The molecule has 0 bridgehead atoms. The number of ether oxygens (including phenoxy) is 1. The number of ketones is 1. The molecular formula is C21H17BrO3S. The molecule has 3 aromatic carbocycles. The van der Waals surface area contributed by atoms with E-state index in [9.17, 15) is 9.90 Å². The minimum Gasteiger partial charge on any atom is -0.507 e. The van der Waals surface area contributed by atoms with E-state index in [0.29, 0.717) is 22.8 Å². The van der Waals surface area contributed by atoms with Crippen LogP contribution in [0.25, 0.3) is 0 Å². The Bertz CT molecular complexity index is 880. The zero-order valence-electron chi connectivity index (χ0n) is 13.9. The molecule has 3 nitrogen and oxygen atoms in total. The minimum atomic E-state index is 0.0116. The monoisotopic (exact) mass is 428 g/mol. The first-order valence-electron chi connectivity index (χ1n) is 8.03. The minimum absolute atomic E-state index is 0.0116. The lowest BCUT2D eigenvalue weighted by atomic mass is 10.2. The molecule has 0 radical (unpaired) electrons. The van der Waals surface area contributed by atoms with Gasteiger partial charge >= 0.3 is 0 Å². The highest BCUT2D eigenvalue weighted by Gasteiger charge is 2.10. The van der Waals surface area contributed by atoms with Gasteiger partial charge in [-0.25, -0.2) is 0 Å². The van der Waals surface area contributed by atoms with Crippen molar-refractivity contribution in [3.63, 3.8) is 0 Å². The number of thioether (sulfide) groups is 1. The number of carbonyl (C=O) groups excluding carboxylic acids is 1. The second-order valence-electron chi connectivity index (χ2n) is 5.62. The van der Waals surface area contributed by atoms with Gasteiger partial charge in [0.05, 0.1) is 10.6 Å². The Morgan fingerprint density at radius 3 is 2.46 bits per heavy atom. The van der Waals surface area contributed by atoms with E-state index in [-0.39, 0.29) is 17.3 Å². The Hall–Kier alpha value is -2.24. The quantitative estimate of drug-likeness (QED) is 0.386. The fourth-order valence-corrected chi connectivity index (χ4v) is 3.44. The lowest BCUT2D eigenvalue weighted by molar-refractivity contribution is 0.102. The molecular weight excluding hydrogens is 412 g/mol. The highest BCUT2D eigenvalue weighted by molar-refractivity contribution is 9.10. The first kappa shape index (κ1) is 18.5. The van der Waals surface area contributed by atoms with E-state index in [1.54, 1.807) is 30.3 Å². The Morgan fingerprint density at radius 2 is 1.73 bits per heavy atom. The number of rotatable bonds is 7. The van der Waals surface area contributed by atoms with Crippen LogP contribution in [0.3, 0.4) is 0 Å². The van der Waals surface area contributed by atoms with E-state index in [1.807, 2.05) is 42.5 Å². The smallest absolute Gasteiger partial charge is 0.173 e. The molecule has 0 fully saturated rings. The van der Waals surface area contributed by atoms with Crippen molar-refractivity contribution in [1.29, 1.82) is 0 Å². The van der Waals surface area contributed by atoms with Crippen LogP contribution in [-0.4, -0.2) is 16.6 Å². The number of hydrogen-bond donors (Lipinski definition) is 1. The van der Waals surface area contributed by atoms with Crippen molar-refractivity contribution in [2.45, 2.75) is 11.5 Å². The normalized spacial score (nSPS) is 10.5. The van der Waals surface area contributed by atoms with E-state index in [1.165, 1.54) is 11.8 Å². The Kier molecular flexibility index (Phi) is 6.36. The maximum absolute atomic E-state index is 12.3. The van der Waals surface area contributed by atoms with E-state index < -0.39 is 0 Å². The van der Waals surface area contributed by atoms with Crippen LogP contribution in [0.5, 0.6) is 11.5 Å². The number of phenolic OH excluding ortho intramolecular Hbond substituents is 1. The van der Waals surface area contributed by atoms with Crippen LogP contribution in [-0.2, 0) is 6.61 Å². The summed E-state index contributed by atoms with van der Waals surface area (Å²) in [5.41, 5.74) is 1.72. The fraction of sp³-hybridized carbons (Fsp3) is 0.0952. The summed E-state index contributed by atoms with van der Waals surface area (Å²) < 4.78 is 6.71. The zero-order valence-corrected chi connectivity index (χ0v) is 16.3. The van der Waals surface area contributed by atoms with Gasteiger partial charge in [-0.3, -0.25) is 4.79 Å². The molecule has 26 heavy (non-hydrogen) atoms. The predicted molar refractivity (Wildman–Crippen MR) is 108 cm³/mol. The van der Waals surface area contributed by atoms with Gasteiger partial charge < -0.3 is 9.84 Å². The third-order valence-electron chi connectivity index (χ3n) is 3.70. The summed E-state index contributed by atoms with van der Waals surface area (Å²) in [4.78, 5) is 12.9. The summed E-state index contributed by atoms with van der Waals surface area (Å²) in [6, 6.07) is 22.2. The van der Waals surface area contributed by atoms with Gasteiger partial charge in [-0.2, -0.15) is 0 Å². The van der Waals surface area contributed by atoms with Crippen molar-refractivity contribution < 1.29 is 14.6 Å². The van der Waals surface area contributed by atoms with Crippen LogP contribution in [0.15, 0.2) is 82.2 Å². The molecule has 132 valence electrons. The first-order chi connectivity index (χ1) is 12.6. The molecule has 3 rings (SSSR count). The van der Waals surface area contributed by atoms with Crippen molar-refractivity contribution in [2.24, 2.45) is 0 Å². The largest absolute Gasteiger partial charge is 0.507 e. The van der Waals surface area contributed by atoms with Crippen LogP contribution in [0.4, 0.5) is 0 Å². The van der Waals surface area contributed by atoms with Gasteiger partial charge in [0.15, 0.2) is 5.78 Å². The van der Waals surface area contributed by atoms with Crippen molar-refractivity contribution in [3.8, 4) is 11.5 Å².